The molecule has 0 saturated carbocycles. The summed E-state index contributed by atoms with van der Waals surface area (Å²) in [6.45, 7) is 8.77. The molecular formula is C22H33ClN2O5. The topological polar surface area (TPSA) is 88.1 Å². The molecule has 0 radical (unpaired) electrons. The van der Waals surface area contributed by atoms with Crippen LogP contribution in [0, 0.1) is 11.3 Å². The summed E-state index contributed by atoms with van der Waals surface area (Å²) in [6.07, 6.45) is -0.260. The molecule has 0 bridgehead atoms. The van der Waals surface area contributed by atoms with E-state index in [1.807, 2.05) is 39.8 Å². The molecule has 1 aliphatic heterocycles. The number of benzene rings is 1. The molecule has 2 N–H and O–H groups in total. The molecular weight excluding hydrogens is 408 g/mol. The van der Waals surface area contributed by atoms with Crippen LogP contribution in [-0.2, 0) is 19.9 Å². The maximum atomic E-state index is 13.2. The van der Waals surface area contributed by atoms with E-state index in [1.165, 1.54) is 7.11 Å². The van der Waals surface area contributed by atoms with Crippen LogP contribution in [0.1, 0.15) is 39.7 Å². The molecule has 2 atom stereocenters. The highest BCUT2D eigenvalue weighted by Crippen LogP contribution is 2.46. The van der Waals surface area contributed by atoms with Crippen LogP contribution in [0.4, 0.5) is 4.79 Å². The Morgan fingerprint density at radius 1 is 1.23 bits per heavy atom. The Morgan fingerprint density at radius 3 is 2.40 bits per heavy atom. The van der Waals surface area contributed by atoms with Gasteiger partial charge in [0, 0.05) is 30.6 Å². The van der Waals surface area contributed by atoms with Crippen molar-refractivity contribution in [1.82, 2.24) is 10.2 Å². The molecule has 0 aromatic heterocycles. The molecule has 1 saturated heterocycles. The number of rotatable bonds is 7. The average Bonchev–Trinajstić information content (AvgIpc) is 2.68. The Kier molecular flexibility index (Phi) is 8.13. The number of aliphatic hydroxyl groups is 1. The van der Waals surface area contributed by atoms with Crippen molar-refractivity contribution < 1.29 is 24.2 Å². The van der Waals surface area contributed by atoms with E-state index in [-0.39, 0.29) is 25.0 Å². The van der Waals surface area contributed by atoms with E-state index in [9.17, 15) is 14.7 Å². The molecule has 1 fully saturated rings. The van der Waals surface area contributed by atoms with Gasteiger partial charge in [0.1, 0.15) is 12.6 Å². The highest BCUT2D eigenvalue weighted by Gasteiger charge is 2.50. The van der Waals surface area contributed by atoms with Gasteiger partial charge in [-0.2, -0.15) is 0 Å². The summed E-state index contributed by atoms with van der Waals surface area (Å²) in [6, 6.07) is 6.47. The summed E-state index contributed by atoms with van der Waals surface area (Å²) >= 11 is 5.99. The first-order valence-electron chi connectivity index (χ1n) is 10.2. The monoisotopic (exact) mass is 440 g/mol. The van der Waals surface area contributed by atoms with Crippen LogP contribution < -0.4 is 5.32 Å². The number of methoxy groups -OCH3 is 1. The summed E-state index contributed by atoms with van der Waals surface area (Å²) in [5.41, 5.74) is -0.909. The molecule has 30 heavy (non-hydrogen) atoms. The number of hydrogen-bond donors (Lipinski definition) is 2. The molecule has 0 spiro atoms. The van der Waals surface area contributed by atoms with Gasteiger partial charge in [-0.05, 0) is 30.0 Å². The van der Waals surface area contributed by atoms with E-state index < -0.39 is 23.2 Å². The van der Waals surface area contributed by atoms with Crippen molar-refractivity contribution in [2.24, 2.45) is 11.3 Å². The zero-order valence-electron chi connectivity index (χ0n) is 18.4. The van der Waals surface area contributed by atoms with Crippen LogP contribution >= 0.6 is 11.6 Å². The van der Waals surface area contributed by atoms with Gasteiger partial charge in [0.25, 0.3) is 0 Å². The summed E-state index contributed by atoms with van der Waals surface area (Å²) in [4.78, 5) is 27.0. The normalized spacial score (nSPS) is 21.9. The van der Waals surface area contributed by atoms with E-state index in [0.717, 1.165) is 5.56 Å². The molecule has 168 valence electrons. The Balaban J connectivity index is 2.11. The van der Waals surface area contributed by atoms with E-state index in [0.29, 0.717) is 24.5 Å². The first-order chi connectivity index (χ1) is 14.0. The average molecular weight is 441 g/mol. The Bertz CT molecular complexity index is 738. The molecule has 1 aromatic carbocycles. The van der Waals surface area contributed by atoms with Gasteiger partial charge in [0.2, 0.25) is 5.91 Å². The highest BCUT2D eigenvalue weighted by atomic mass is 35.5. The van der Waals surface area contributed by atoms with Crippen LogP contribution in [0.3, 0.4) is 0 Å². The van der Waals surface area contributed by atoms with Crippen LogP contribution in [-0.4, -0.2) is 61.5 Å². The second-order valence-electron chi connectivity index (χ2n) is 8.76. The number of nitrogens with zero attached hydrogens (tertiary/aromatic N) is 1. The van der Waals surface area contributed by atoms with Crippen LogP contribution in [0.5, 0.6) is 0 Å². The predicted octanol–water partition coefficient (Wildman–Crippen LogP) is 3.18. The van der Waals surface area contributed by atoms with Crippen molar-refractivity contribution in [1.29, 1.82) is 0 Å². The van der Waals surface area contributed by atoms with Crippen LogP contribution in [0.2, 0.25) is 5.02 Å². The molecule has 1 heterocycles. The summed E-state index contributed by atoms with van der Waals surface area (Å²) in [5.74, 6) is -0.299. The quantitative estimate of drug-likeness (QED) is 0.636. The lowest BCUT2D eigenvalue weighted by atomic mass is 9.66. The third kappa shape index (κ3) is 5.45. The maximum absolute atomic E-state index is 13.2. The van der Waals surface area contributed by atoms with E-state index in [1.54, 1.807) is 17.0 Å². The van der Waals surface area contributed by atoms with Crippen molar-refractivity contribution >= 4 is 23.6 Å². The summed E-state index contributed by atoms with van der Waals surface area (Å²) in [5, 5.41) is 14.8. The fourth-order valence-electron chi connectivity index (χ4n) is 3.87. The van der Waals surface area contributed by atoms with Gasteiger partial charge in [0.15, 0.2) is 0 Å². The van der Waals surface area contributed by atoms with Gasteiger partial charge in [-0.15, -0.1) is 0 Å². The lowest BCUT2D eigenvalue weighted by molar-refractivity contribution is -0.155. The van der Waals surface area contributed by atoms with E-state index in [2.05, 4.69) is 5.32 Å². The number of hydrogen-bond acceptors (Lipinski definition) is 5. The largest absolute Gasteiger partial charge is 0.447 e. The second kappa shape index (κ2) is 9.98. The zero-order valence-corrected chi connectivity index (χ0v) is 19.2. The standard InChI is InChI=1S/C22H33ClN2O5/c1-15(2)18(24-20(27)30-13-12-29-5)19(26)25-11-10-22(28,21(3,4)14-25)16-6-8-17(23)9-7-16/h6-9,15,18,28H,10-14H2,1-5H3,(H,24,27)/t18-,22?/m1/s1. The molecule has 2 rings (SSSR count). The molecule has 8 heteroatoms. The third-order valence-electron chi connectivity index (χ3n) is 5.81. The fourth-order valence-corrected chi connectivity index (χ4v) is 3.99. The number of carbonyl (C=O) groups is 2. The van der Waals surface area contributed by atoms with Crippen molar-refractivity contribution in [3.63, 3.8) is 0 Å². The van der Waals surface area contributed by atoms with Gasteiger partial charge < -0.3 is 24.8 Å². The molecule has 2 amide bonds. The number of alkyl carbamates (subject to hydrolysis) is 1. The highest BCUT2D eigenvalue weighted by molar-refractivity contribution is 6.30. The van der Waals surface area contributed by atoms with Crippen molar-refractivity contribution in [3.8, 4) is 0 Å². The van der Waals surface area contributed by atoms with Gasteiger partial charge in [0.05, 0.1) is 12.2 Å². The van der Waals surface area contributed by atoms with Gasteiger partial charge in [-0.3, -0.25) is 4.79 Å². The summed E-state index contributed by atoms with van der Waals surface area (Å²) in [7, 11) is 1.52. The Hall–Kier alpha value is -1.83. The number of halogens is 1. The smallest absolute Gasteiger partial charge is 0.407 e. The minimum atomic E-state index is -1.09. The number of piperidine rings is 1. The molecule has 0 aliphatic carbocycles. The van der Waals surface area contributed by atoms with Gasteiger partial charge in [-0.25, -0.2) is 4.79 Å². The third-order valence-corrected chi connectivity index (χ3v) is 6.06. The van der Waals surface area contributed by atoms with Crippen molar-refractivity contribution in [2.75, 3.05) is 33.4 Å². The number of nitrogens with one attached hydrogen (secondary N) is 1. The predicted molar refractivity (Wildman–Crippen MR) is 115 cm³/mol. The maximum Gasteiger partial charge on any atom is 0.407 e. The second-order valence-corrected chi connectivity index (χ2v) is 9.19. The van der Waals surface area contributed by atoms with Crippen molar-refractivity contribution in [2.45, 2.75) is 45.8 Å². The number of ether oxygens (including phenoxy) is 2. The molecule has 1 aliphatic rings. The Labute approximate surface area is 183 Å². The number of likely N-dealkylation sites (tertiary alicyclic amines) is 1. The van der Waals surface area contributed by atoms with Gasteiger partial charge in [-0.1, -0.05) is 51.4 Å². The molecule has 7 nitrogen and oxygen atoms in total. The van der Waals surface area contributed by atoms with Crippen LogP contribution in [0.25, 0.3) is 0 Å². The van der Waals surface area contributed by atoms with E-state index >= 15 is 0 Å². The summed E-state index contributed by atoms with van der Waals surface area (Å²) < 4.78 is 9.91. The fraction of sp³-hybridized carbons (Fsp3) is 0.636. The zero-order chi connectivity index (χ0) is 22.5. The lowest BCUT2D eigenvalue weighted by Gasteiger charge is -2.51. The first kappa shape index (κ1) is 24.4. The lowest BCUT2D eigenvalue weighted by Crippen LogP contribution is -2.60. The van der Waals surface area contributed by atoms with Crippen LogP contribution in [0.15, 0.2) is 24.3 Å². The SMILES string of the molecule is COCCOC(=O)N[C@@H](C(=O)N1CCC(O)(c2ccc(Cl)cc2)C(C)(C)C1)C(C)C. The molecule has 1 aromatic rings. The molecule has 1 unspecified atom stereocenters. The minimum absolute atomic E-state index is 0.117. The van der Waals surface area contributed by atoms with Crippen molar-refractivity contribution in [3.05, 3.63) is 34.9 Å². The van der Waals surface area contributed by atoms with E-state index in [4.69, 9.17) is 21.1 Å². The Morgan fingerprint density at radius 2 is 1.87 bits per heavy atom. The minimum Gasteiger partial charge on any atom is -0.447 e. The first-order valence-corrected chi connectivity index (χ1v) is 10.6. The van der Waals surface area contributed by atoms with Gasteiger partial charge >= 0.3 is 6.09 Å². The number of amides is 2. The number of carbonyl (C=O) groups excluding carboxylic acids is 2.